The highest BCUT2D eigenvalue weighted by Crippen LogP contribution is 2.46. The third-order valence-electron chi connectivity index (χ3n) is 6.17. The summed E-state index contributed by atoms with van der Waals surface area (Å²) in [7, 11) is 1.69. The Balaban J connectivity index is 2.08. The summed E-state index contributed by atoms with van der Waals surface area (Å²) in [6.45, 7) is 6.34. The monoisotopic (exact) mass is 418 g/mol. The number of carbonyl (C=O) groups is 1. The van der Waals surface area contributed by atoms with E-state index in [0.29, 0.717) is 0 Å². The lowest BCUT2D eigenvalue weighted by molar-refractivity contribution is 0.0694. The molecule has 0 unspecified atom stereocenters. The summed E-state index contributed by atoms with van der Waals surface area (Å²) >= 11 is 0. The van der Waals surface area contributed by atoms with Crippen LogP contribution in [0, 0.1) is 5.92 Å². The van der Waals surface area contributed by atoms with Crippen molar-refractivity contribution in [3.8, 4) is 28.1 Å². The summed E-state index contributed by atoms with van der Waals surface area (Å²) in [6.07, 6.45) is 6.53. The number of methoxy groups -OCH3 is 1. The second kappa shape index (κ2) is 8.02. The van der Waals surface area contributed by atoms with Gasteiger partial charge in [-0.15, -0.1) is 0 Å². The summed E-state index contributed by atoms with van der Waals surface area (Å²) in [5.74, 6) is -0.102. The van der Waals surface area contributed by atoms with Crippen LogP contribution >= 0.6 is 0 Å². The number of hydrogen-bond acceptors (Lipinski definition) is 4. The maximum Gasteiger partial charge on any atom is 0.341 e. The molecule has 6 heteroatoms. The van der Waals surface area contributed by atoms with Gasteiger partial charge in [-0.2, -0.15) is 0 Å². The van der Waals surface area contributed by atoms with E-state index in [9.17, 15) is 14.7 Å². The first kappa shape index (κ1) is 20.8. The van der Waals surface area contributed by atoms with E-state index in [2.05, 4.69) is 31.8 Å². The van der Waals surface area contributed by atoms with Gasteiger partial charge in [-0.3, -0.25) is 9.78 Å². The Labute approximate surface area is 181 Å². The van der Waals surface area contributed by atoms with Crippen LogP contribution in [0.1, 0.15) is 48.3 Å². The highest BCUT2D eigenvalue weighted by atomic mass is 16.5. The molecule has 6 nitrogen and oxygen atoms in total. The van der Waals surface area contributed by atoms with Crippen molar-refractivity contribution in [3.05, 3.63) is 69.8 Å². The Morgan fingerprint density at radius 3 is 2.55 bits per heavy atom. The molecule has 3 aromatic rings. The van der Waals surface area contributed by atoms with Crippen LogP contribution < -0.4 is 10.2 Å². The van der Waals surface area contributed by atoms with E-state index in [-0.39, 0.29) is 17.5 Å². The molecule has 1 aliphatic rings. The summed E-state index contributed by atoms with van der Waals surface area (Å²) in [5, 5.41) is 9.49. The summed E-state index contributed by atoms with van der Waals surface area (Å²) in [6, 6.07) is 7.45. The average Bonchev–Trinajstić information content (AvgIpc) is 2.76. The predicted molar refractivity (Wildman–Crippen MR) is 120 cm³/mol. The molecule has 2 aromatic heterocycles. The van der Waals surface area contributed by atoms with Gasteiger partial charge in [0.05, 0.1) is 12.8 Å². The first-order valence-corrected chi connectivity index (χ1v) is 10.5. The van der Waals surface area contributed by atoms with E-state index in [0.717, 1.165) is 46.5 Å². The van der Waals surface area contributed by atoms with Gasteiger partial charge in [0, 0.05) is 41.8 Å². The highest BCUT2D eigenvalue weighted by Gasteiger charge is 2.31. The third-order valence-corrected chi connectivity index (χ3v) is 6.17. The lowest BCUT2D eigenvalue weighted by atomic mass is 9.82. The quantitative estimate of drug-likeness (QED) is 0.655. The summed E-state index contributed by atoms with van der Waals surface area (Å²) < 4.78 is 7.85. The molecule has 0 amide bonds. The number of carboxylic acids is 1. The molecule has 31 heavy (non-hydrogen) atoms. The number of nitrogens with zero attached hydrogens (tertiary/aromatic N) is 2. The molecule has 4 rings (SSSR count). The van der Waals surface area contributed by atoms with E-state index in [1.54, 1.807) is 19.5 Å². The lowest BCUT2D eigenvalue weighted by Gasteiger charge is -2.35. The van der Waals surface area contributed by atoms with Gasteiger partial charge in [-0.1, -0.05) is 20.8 Å². The molecular weight excluding hydrogens is 392 g/mol. The van der Waals surface area contributed by atoms with Gasteiger partial charge in [0.1, 0.15) is 11.3 Å². The standard InChI is InChI=1S/C25H26N2O4/c1-5-16-18-11-21(14(2)3)27-13-20(25(29)30)23(28)12-22(27)19(18)10-17(24(16)31-4)15-6-8-26-9-7-15/h6-10,12-14,21H,5,11H2,1-4H3,(H,29,30)/t21-/m0/s1. The van der Waals surface area contributed by atoms with Crippen LogP contribution in [0.25, 0.3) is 22.4 Å². The van der Waals surface area contributed by atoms with Crippen molar-refractivity contribution in [2.45, 2.75) is 39.7 Å². The second-order valence-electron chi connectivity index (χ2n) is 8.22. The van der Waals surface area contributed by atoms with Crippen LogP contribution in [-0.2, 0) is 12.8 Å². The van der Waals surface area contributed by atoms with Gasteiger partial charge in [-0.05, 0) is 53.6 Å². The minimum atomic E-state index is -1.20. The third kappa shape index (κ3) is 3.42. The van der Waals surface area contributed by atoms with Gasteiger partial charge in [0.15, 0.2) is 5.43 Å². The molecule has 0 aliphatic carbocycles. The molecule has 0 spiro atoms. The first-order valence-electron chi connectivity index (χ1n) is 10.5. The smallest absolute Gasteiger partial charge is 0.341 e. The largest absolute Gasteiger partial charge is 0.496 e. The van der Waals surface area contributed by atoms with Gasteiger partial charge in [0.25, 0.3) is 0 Å². The van der Waals surface area contributed by atoms with Crippen LogP contribution in [0.15, 0.2) is 47.7 Å². The summed E-state index contributed by atoms with van der Waals surface area (Å²) in [5.41, 5.74) is 5.23. The number of hydrogen-bond donors (Lipinski definition) is 1. The normalized spacial score (nSPS) is 14.8. The maximum atomic E-state index is 12.6. The highest BCUT2D eigenvalue weighted by molar-refractivity contribution is 5.88. The van der Waals surface area contributed by atoms with Crippen molar-refractivity contribution in [3.63, 3.8) is 0 Å². The van der Waals surface area contributed by atoms with E-state index in [4.69, 9.17) is 4.74 Å². The average molecular weight is 418 g/mol. The molecule has 0 fully saturated rings. The Hall–Kier alpha value is -3.41. The minimum absolute atomic E-state index is 0.0444. The molecule has 0 saturated carbocycles. The predicted octanol–water partition coefficient (Wildman–Crippen LogP) is 4.60. The fraction of sp³-hybridized carbons (Fsp3) is 0.320. The van der Waals surface area contributed by atoms with E-state index in [1.807, 2.05) is 16.7 Å². The number of rotatable bonds is 5. The zero-order valence-corrected chi connectivity index (χ0v) is 18.2. The Morgan fingerprint density at radius 2 is 1.97 bits per heavy atom. The van der Waals surface area contributed by atoms with Gasteiger partial charge < -0.3 is 14.4 Å². The van der Waals surface area contributed by atoms with Crippen molar-refractivity contribution >= 4 is 5.97 Å². The van der Waals surface area contributed by atoms with Crippen LogP contribution in [0.2, 0.25) is 0 Å². The van der Waals surface area contributed by atoms with Gasteiger partial charge in [-0.25, -0.2) is 4.79 Å². The molecule has 3 heterocycles. The Morgan fingerprint density at radius 1 is 1.26 bits per heavy atom. The molecule has 1 atom stereocenters. The zero-order valence-electron chi connectivity index (χ0n) is 18.2. The van der Waals surface area contributed by atoms with Gasteiger partial charge in [0.2, 0.25) is 0 Å². The fourth-order valence-corrected chi connectivity index (χ4v) is 4.64. The number of benzene rings is 1. The molecular formula is C25H26N2O4. The maximum absolute atomic E-state index is 12.6. The van der Waals surface area contributed by atoms with Crippen LogP contribution in [0.5, 0.6) is 5.75 Å². The molecule has 0 radical (unpaired) electrons. The number of carboxylic acid groups (broad SMARTS) is 1. The van der Waals surface area contributed by atoms with E-state index >= 15 is 0 Å². The number of aromatic nitrogens is 2. The first-order chi connectivity index (χ1) is 14.9. The minimum Gasteiger partial charge on any atom is -0.496 e. The Kier molecular flexibility index (Phi) is 5.39. The van der Waals surface area contributed by atoms with Gasteiger partial charge >= 0.3 is 5.97 Å². The summed E-state index contributed by atoms with van der Waals surface area (Å²) in [4.78, 5) is 28.4. The van der Waals surface area contributed by atoms with E-state index in [1.165, 1.54) is 17.8 Å². The van der Waals surface area contributed by atoms with Crippen molar-refractivity contribution in [1.29, 1.82) is 0 Å². The topological polar surface area (TPSA) is 81.4 Å². The van der Waals surface area contributed by atoms with Crippen molar-refractivity contribution in [2.24, 2.45) is 5.92 Å². The van der Waals surface area contributed by atoms with E-state index < -0.39 is 11.4 Å². The fourth-order valence-electron chi connectivity index (χ4n) is 4.64. The second-order valence-corrected chi connectivity index (χ2v) is 8.22. The number of fused-ring (bicyclic) bond motifs is 3. The van der Waals surface area contributed by atoms with Crippen molar-refractivity contribution in [2.75, 3.05) is 7.11 Å². The van der Waals surface area contributed by atoms with Crippen LogP contribution in [0.4, 0.5) is 0 Å². The Bertz CT molecular complexity index is 1210. The number of pyridine rings is 2. The lowest BCUT2D eigenvalue weighted by Crippen LogP contribution is -2.29. The molecule has 1 aliphatic heterocycles. The zero-order chi connectivity index (χ0) is 22.3. The van der Waals surface area contributed by atoms with Crippen molar-refractivity contribution in [1.82, 2.24) is 9.55 Å². The molecule has 0 saturated heterocycles. The number of ether oxygens (including phenoxy) is 1. The molecule has 0 bridgehead atoms. The van der Waals surface area contributed by atoms with Crippen molar-refractivity contribution < 1.29 is 14.6 Å². The molecule has 1 N–H and O–H groups in total. The SMILES string of the molecule is CCc1c2c(cc(-c3ccncc3)c1OC)-c1cc(=O)c(C(=O)O)cn1[C@H](C(C)C)C2. The molecule has 160 valence electrons. The van der Waals surface area contributed by atoms with Crippen LogP contribution in [0.3, 0.4) is 0 Å². The van der Waals surface area contributed by atoms with Crippen LogP contribution in [-0.4, -0.2) is 27.7 Å². The number of aromatic carboxylic acids is 1. The molecule has 1 aromatic carbocycles.